The van der Waals surface area contributed by atoms with E-state index in [4.69, 9.17) is 0 Å². The molecular weight excluding hydrogens is 352 g/mol. The van der Waals surface area contributed by atoms with Gasteiger partial charge in [-0.05, 0) is 49.7 Å². The number of thiazole rings is 1. The molecule has 3 rings (SSSR count). The molecule has 0 bridgehead atoms. The average molecular weight is 370 g/mol. The summed E-state index contributed by atoms with van der Waals surface area (Å²) in [4.78, 5) is 28.5. The Balaban J connectivity index is 1.69. The molecule has 1 atom stereocenters. The number of nitrogens with one attached hydrogen (secondary N) is 1. The van der Waals surface area contributed by atoms with E-state index in [1.807, 2.05) is 31.2 Å². The Morgan fingerprint density at radius 3 is 2.52 bits per heavy atom. The first kappa shape index (κ1) is 17.6. The van der Waals surface area contributed by atoms with E-state index in [0.717, 1.165) is 14.6 Å². The summed E-state index contributed by atoms with van der Waals surface area (Å²) in [6.45, 7) is 3.51. The van der Waals surface area contributed by atoms with E-state index in [1.165, 1.54) is 18.7 Å². The van der Waals surface area contributed by atoms with Gasteiger partial charge in [0.25, 0.3) is 0 Å². The summed E-state index contributed by atoms with van der Waals surface area (Å²) in [6.07, 6.45) is 0.706. The van der Waals surface area contributed by atoms with Crippen LogP contribution in [0.15, 0.2) is 52.9 Å². The highest BCUT2D eigenvalue weighted by Gasteiger charge is 2.20. The lowest BCUT2D eigenvalue weighted by Crippen LogP contribution is -2.24. The number of hydrogen-bond donors (Lipinski definition) is 1. The summed E-state index contributed by atoms with van der Waals surface area (Å²) in [5.41, 5.74) is 2.29. The van der Waals surface area contributed by atoms with Gasteiger partial charge in [-0.1, -0.05) is 30.8 Å². The zero-order chi connectivity index (χ0) is 17.8. The number of carbonyl (C=O) groups is 2. The second-order valence-corrected chi connectivity index (χ2v) is 8.07. The molecule has 0 aliphatic carbocycles. The monoisotopic (exact) mass is 370 g/mol. The van der Waals surface area contributed by atoms with Crippen LogP contribution in [-0.2, 0) is 4.79 Å². The van der Waals surface area contributed by atoms with Gasteiger partial charge in [0.15, 0.2) is 10.1 Å². The van der Waals surface area contributed by atoms with Crippen molar-refractivity contribution in [2.75, 3.05) is 5.32 Å². The van der Waals surface area contributed by atoms with Crippen molar-refractivity contribution in [1.82, 2.24) is 4.98 Å². The molecule has 0 fully saturated rings. The number of fused-ring (bicyclic) bond motifs is 1. The van der Waals surface area contributed by atoms with Gasteiger partial charge in [-0.15, -0.1) is 11.3 Å². The summed E-state index contributed by atoms with van der Waals surface area (Å²) in [5.74, 6) is -0.0435. The Labute approximate surface area is 154 Å². The molecule has 1 heterocycles. The van der Waals surface area contributed by atoms with Crippen molar-refractivity contribution in [2.45, 2.75) is 29.9 Å². The van der Waals surface area contributed by atoms with Crippen LogP contribution in [0.25, 0.3) is 10.2 Å². The Bertz CT molecular complexity index is 870. The lowest BCUT2D eigenvalue weighted by Gasteiger charge is -2.13. The van der Waals surface area contributed by atoms with Crippen molar-refractivity contribution < 1.29 is 9.59 Å². The van der Waals surface area contributed by atoms with Crippen molar-refractivity contribution in [1.29, 1.82) is 0 Å². The highest BCUT2D eigenvalue weighted by Crippen LogP contribution is 2.33. The highest BCUT2D eigenvalue weighted by molar-refractivity contribution is 8.02. The summed E-state index contributed by atoms with van der Waals surface area (Å²) in [7, 11) is 0. The number of carbonyl (C=O) groups excluding carboxylic acids is 2. The van der Waals surface area contributed by atoms with Crippen molar-refractivity contribution in [2.24, 2.45) is 0 Å². The second-order valence-electron chi connectivity index (χ2n) is 5.59. The maximum atomic E-state index is 12.6. The molecule has 25 heavy (non-hydrogen) atoms. The molecule has 1 N–H and O–H groups in total. The van der Waals surface area contributed by atoms with E-state index in [0.29, 0.717) is 17.7 Å². The quantitative estimate of drug-likeness (QED) is 0.489. The number of hydrogen-bond acceptors (Lipinski definition) is 5. The minimum atomic E-state index is -0.215. The number of anilines is 1. The number of para-hydroxylation sites is 1. The molecule has 0 spiro atoms. The van der Waals surface area contributed by atoms with Gasteiger partial charge in [0.05, 0.1) is 15.5 Å². The minimum Gasteiger partial charge on any atom is -0.325 e. The van der Waals surface area contributed by atoms with E-state index < -0.39 is 0 Å². The van der Waals surface area contributed by atoms with Gasteiger partial charge in [-0.3, -0.25) is 9.59 Å². The van der Waals surface area contributed by atoms with E-state index >= 15 is 0 Å². The molecule has 2 aromatic carbocycles. The molecule has 3 aromatic rings. The third-order valence-electron chi connectivity index (χ3n) is 3.74. The molecule has 0 aliphatic rings. The first-order valence-corrected chi connectivity index (χ1v) is 9.70. The van der Waals surface area contributed by atoms with Gasteiger partial charge in [0, 0.05) is 11.3 Å². The van der Waals surface area contributed by atoms with Crippen molar-refractivity contribution in [3.8, 4) is 0 Å². The van der Waals surface area contributed by atoms with Crippen LogP contribution < -0.4 is 5.32 Å². The predicted molar refractivity (Wildman–Crippen MR) is 105 cm³/mol. The molecule has 0 aliphatic heterocycles. The molecule has 0 saturated carbocycles. The van der Waals surface area contributed by atoms with Gasteiger partial charge < -0.3 is 5.32 Å². The third-order valence-corrected chi connectivity index (χ3v) is 6.23. The third kappa shape index (κ3) is 4.27. The van der Waals surface area contributed by atoms with Gasteiger partial charge in [-0.25, -0.2) is 4.98 Å². The first-order chi connectivity index (χ1) is 12.1. The van der Waals surface area contributed by atoms with Crippen LogP contribution in [0.4, 0.5) is 5.69 Å². The molecule has 1 amide bonds. The fourth-order valence-electron chi connectivity index (χ4n) is 2.36. The Morgan fingerprint density at radius 2 is 1.88 bits per heavy atom. The topological polar surface area (TPSA) is 59.1 Å². The van der Waals surface area contributed by atoms with Crippen molar-refractivity contribution in [3.05, 3.63) is 54.1 Å². The molecule has 128 valence electrons. The van der Waals surface area contributed by atoms with Gasteiger partial charge >= 0.3 is 0 Å². The van der Waals surface area contributed by atoms with Crippen LogP contribution in [0.2, 0.25) is 0 Å². The number of nitrogens with zero attached hydrogens (tertiary/aromatic N) is 1. The number of Topliss-reactive ketones (excluding diaryl/α,β-unsaturated/α-hetero) is 1. The lowest BCUT2D eigenvalue weighted by molar-refractivity contribution is -0.115. The largest absolute Gasteiger partial charge is 0.325 e. The van der Waals surface area contributed by atoms with E-state index in [2.05, 4.69) is 10.3 Å². The number of thioether (sulfide) groups is 1. The second kappa shape index (κ2) is 7.80. The number of benzene rings is 2. The Kier molecular flexibility index (Phi) is 5.50. The Hall–Kier alpha value is -2.18. The standard InChI is InChI=1S/C19H18N2O2S2/c1-3-16(24-19-21-15-6-4-5-7-17(15)25-19)18(23)20-14-10-8-13(9-11-14)12(2)22/h4-11,16H,3H2,1-2H3,(H,20,23)/t16-/m1/s1. The van der Waals surface area contributed by atoms with E-state index in [9.17, 15) is 9.59 Å². The van der Waals surface area contributed by atoms with E-state index in [-0.39, 0.29) is 16.9 Å². The van der Waals surface area contributed by atoms with Crippen LogP contribution >= 0.6 is 23.1 Å². The smallest absolute Gasteiger partial charge is 0.237 e. The number of rotatable bonds is 6. The molecule has 0 radical (unpaired) electrons. The SMILES string of the molecule is CC[C@@H](Sc1nc2ccccc2s1)C(=O)Nc1ccc(C(C)=O)cc1. The summed E-state index contributed by atoms with van der Waals surface area (Å²) >= 11 is 3.10. The van der Waals surface area contributed by atoms with Gasteiger partial charge in [-0.2, -0.15) is 0 Å². The molecule has 0 unspecified atom stereocenters. The molecular formula is C19H18N2O2S2. The summed E-state index contributed by atoms with van der Waals surface area (Å²) in [6, 6.07) is 14.9. The number of ketones is 1. The van der Waals surface area contributed by atoms with Crippen LogP contribution in [0.5, 0.6) is 0 Å². The number of aromatic nitrogens is 1. The van der Waals surface area contributed by atoms with Crippen molar-refractivity contribution >= 4 is 50.7 Å². The highest BCUT2D eigenvalue weighted by atomic mass is 32.2. The molecule has 1 aromatic heterocycles. The van der Waals surface area contributed by atoms with E-state index in [1.54, 1.807) is 35.6 Å². The zero-order valence-electron chi connectivity index (χ0n) is 14.0. The predicted octanol–water partition coefficient (Wildman–Crippen LogP) is 5.01. The van der Waals surface area contributed by atoms with Crippen molar-refractivity contribution in [3.63, 3.8) is 0 Å². The maximum absolute atomic E-state index is 12.6. The van der Waals surface area contributed by atoms with Crippen LogP contribution in [0, 0.1) is 0 Å². The molecule has 4 nitrogen and oxygen atoms in total. The normalized spacial score (nSPS) is 12.1. The fourth-order valence-corrected chi connectivity index (χ4v) is 4.59. The first-order valence-electron chi connectivity index (χ1n) is 8.01. The summed E-state index contributed by atoms with van der Waals surface area (Å²) < 4.78 is 2.02. The van der Waals surface area contributed by atoms with Gasteiger partial charge in [0.1, 0.15) is 0 Å². The fraction of sp³-hybridized carbons (Fsp3) is 0.211. The molecule has 6 heteroatoms. The Morgan fingerprint density at radius 1 is 1.16 bits per heavy atom. The van der Waals surface area contributed by atoms with Crippen LogP contribution in [0.1, 0.15) is 30.6 Å². The minimum absolute atomic E-state index is 0.00991. The lowest BCUT2D eigenvalue weighted by atomic mass is 10.1. The van der Waals surface area contributed by atoms with Crippen LogP contribution in [0.3, 0.4) is 0 Å². The van der Waals surface area contributed by atoms with Crippen LogP contribution in [-0.4, -0.2) is 21.9 Å². The van der Waals surface area contributed by atoms with Gasteiger partial charge in [0.2, 0.25) is 5.91 Å². The zero-order valence-corrected chi connectivity index (χ0v) is 15.6. The molecule has 0 saturated heterocycles. The average Bonchev–Trinajstić information content (AvgIpc) is 3.02. The summed E-state index contributed by atoms with van der Waals surface area (Å²) in [5, 5.41) is 2.70. The maximum Gasteiger partial charge on any atom is 0.237 e. The number of amides is 1.